The van der Waals surface area contributed by atoms with Gasteiger partial charge in [-0.05, 0) is 0 Å². The number of hydrogen-bond acceptors (Lipinski definition) is 3. The SMILES string of the molecule is [2H]C([2H])(Cl)C([2H])([2H])N(C([2H])([2H])C([2H])([2H])Cl)P1(=O)NC(=O)CCO1. The first-order chi connectivity index (χ1) is 9.97. The maximum absolute atomic E-state index is 12.8. The maximum Gasteiger partial charge on any atom is 0.370 e. The van der Waals surface area contributed by atoms with Gasteiger partial charge in [-0.25, -0.2) is 9.24 Å². The van der Waals surface area contributed by atoms with Gasteiger partial charge in [0.2, 0.25) is 5.91 Å². The lowest BCUT2D eigenvalue weighted by molar-refractivity contribution is -0.121. The van der Waals surface area contributed by atoms with E-state index < -0.39 is 49.5 Å². The van der Waals surface area contributed by atoms with Crippen molar-refractivity contribution in [2.24, 2.45) is 0 Å². The van der Waals surface area contributed by atoms with Gasteiger partial charge in [-0.3, -0.25) is 9.88 Å². The van der Waals surface area contributed by atoms with Crippen LogP contribution in [0.2, 0.25) is 0 Å². The van der Waals surface area contributed by atoms with E-state index in [1.807, 2.05) is 0 Å². The van der Waals surface area contributed by atoms with Crippen molar-refractivity contribution >= 4 is 36.8 Å². The van der Waals surface area contributed by atoms with E-state index >= 15 is 0 Å². The minimum atomic E-state index is -4.88. The van der Waals surface area contributed by atoms with Crippen molar-refractivity contribution in [3.05, 3.63) is 0 Å². The van der Waals surface area contributed by atoms with Crippen LogP contribution in [-0.2, 0) is 13.9 Å². The number of halogens is 2. The van der Waals surface area contributed by atoms with Gasteiger partial charge in [0.05, 0.1) is 13.0 Å². The fourth-order valence-electron chi connectivity index (χ4n) is 0.855. The van der Waals surface area contributed by atoms with Crippen LogP contribution in [0.3, 0.4) is 0 Å². The van der Waals surface area contributed by atoms with Gasteiger partial charge >= 0.3 is 7.67 Å². The highest BCUT2D eigenvalue weighted by atomic mass is 35.5. The third kappa shape index (κ3) is 3.61. The molecule has 0 bridgehead atoms. The Balaban J connectivity index is 3.57. The molecule has 0 aromatic rings. The number of hydrogen-bond donors (Lipinski definition) is 1. The summed E-state index contributed by atoms with van der Waals surface area (Å²) in [6.45, 7) is -7.61. The zero-order chi connectivity index (χ0) is 18.5. The molecule has 1 aliphatic heterocycles. The summed E-state index contributed by atoms with van der Waals surface area (Å²) in [4.78, 5) is 11.4. The van der Waals surface area contributed by atoms with Crippen LogP contribution in [0.5, 0.6) is 0 Å². The van der Waals surface area contributed by atoms with Crippen LogP contribution in [0.1, 0.15) is 17.4 Å². The molecule has 15 heavy (non-hydrogen) atoms. The molecule has 0 aromatic carbocycles. The Hall–Kier alpha value is 0.200. The summed E-state index contributed by atoms with van der Waals surface area (Å²) in [5.74, 6) is -7.53. The minimum Gasteiger partial charge on any atom is -0.301 e. The van der Waals surface area contributed by atoms with Crippen LogP contribution in [-0.4, -0.2) is 41.8 Å². The molecule has 5 nitrogen and oxygen atoms in total. The highest BCUT2D eigenvalue weighted by molar-refractivity contribution is 7.55. The fourth-order valence-corrected chi connectivity index (χ4v) is 2.55. The van der Waals surface area contributed by atoms with Crippen molar-refractivity contribution < 1.29 is 24.8 Å². The molecular weight excluding hydrogens is 262 g/mol. The van der Waals surface area contributed by atoms with Crippen molar-refractivity contribution in [2.45, 2.75) is 6.42 Å². The lowest BCUT2D eigenvalue weighted by Crippen LogP contribution is -2.38. The lowest BCUT2D eigenvalue weighted by atomic mass is 10.4. The smallest absolute Gasteiger partial charge is 0.301 e. The van der Waals surface area contributed by atoms with Gasteiger partial charge in [0.25, 0.3) is 0 Å². The molecule has 1 N–H and O–H groups in total. The molecule has 1 fully saturated rings. The van der Waals surface area contributed by atoms with Gasteiger partial charge in [0.15, 0.2) is 0 Å². The van der Waals surface area contributed by atoms with E-state index in [1.165, 1.54) is 0 Å². The Morgan fingerprint density at radius 3 is 2.60 bits per heavy atom. The summed E-state index contributed by atoms with van der Waals surface area (Å²) in [5.41, 5.74) is 0. The summed E-state index contributed by atoms with van der Waals surface area (Å²) in [7, 11) is -4.88. The normalized spacial score (nSPS) is 38.5. The van der Waals surface area contributed by atoms with E-state index in [0.29, 0.717) is 0 Å². The van der Waals surface area contributed by atoms with Crippen molar-refractivity contribution in [1.29, 1.82) is 0 Å². The molecule has 0 aliphatic carbocycles. The zero-order valence-corrected chi connectivity index (χ0v) is 9.70. The highest BCUT2D eigenvalue weighted by Gasteiger charge is 2.36. The first-order valence-corrected chi connectivity index (χ1v) is 6.04. The zero-order valence-electron chi connectivity index (χ0n) is 15.3. The summed E-state index contributed by atoms with van der Waals surface area (Å²) >= 11 is 10.6. The van der Waals surface area contributed by atoms with E-state index in [4.69, 9.17) is 38.7 Å². The number of alkyl halides is 2. The minimum absolute atomic E-state index is 0.245. The molecular formula is C7H13Cl2N2O3P. The van der Waals surface area contributed by atoms with Crippen molar-refractivity contribution in [2.75, 3.05) is 31.3 Å². The van der Waals surface area contributed by atoms with Gasteiger partial charge in [-0.2, -0.15) is 0 Å². The number of nitrogens with one attached hydrogen (secondary N) is 1. The topological polar surface area (TPSA) is 58.6 Å². The third-order valence-corrected chi connectivity index (χ3v) is 3.38. The molecule has 1 unspecified atom stereocenters. The van der Waals surface area contributed by atoms with Crippen molar-refractivity contribution in [3.63, 3.8) is 0 Å². The van der Waals surface area contributed by atoms with Crippen LogP contribution in [0.4, 0.5) is 0 Å². The molecule has 1 rings (SSSR count). The molecule has 1 saturated heterocycles. The summed E-state index contributed by atoms with van der Waals surface area (Å²) in [6.07, 6.45) is -0.245. The number of rotatable bonds is 5. The summed E-state index contributed by atoms with van der Waals surface area (Å²) in [6, 6.07) is 0. The van der Waals surface area contributed by atoms with Gasteiger partial charge in [0.1, 0.15) is 0 Å². The second kappa shape index (κ2) is 6.06. The highest BCUT2D eigenvalue weighted by Crippen LogP contribution is 2.48. The molecule has 1 aliphatic rings. The third-order valence-electron chi connectivity index (χ3n) is 1.42. The molecule has 1 amide bonds. The average molecular weight is 283 g/mol. The summed E-state index contributed by atoms with van der Waals surface area (Å²) < 4.78 is 77.2. The van der Waals surface area contributed by atoms with Crippen LogP contribution < -0.4 is 5.09 Å². The molecule has 88 valence electrons. The van der Waals surface area contributed by atoms with E-state index in [2.05, 4.69) is 0 Å². The van der Waals surface area contributed by atoms with E-state index in [1.54, 1.807) is 5.09 Å². The molecule has 0 aromatic heterocycles. The van der Waals surface area contributed by atoms with Crippen LogP contribution in [0, 0.1) is 0 Å². The molecule has 1 heterocycles. The summed E-state index contributed by atoms with van der Waals surface area (Å²) in [5, 5.41) is 1.74. The maximum atomic E-state index is 12.8. The largest absolute Gasteiger partial charge is 0.370 e. The standard InChI is InChI=1S/C7H13Cl2N2O3P/c8-2-4-11(5-3-9)15(13)10-7(12)1-6-14-15/h1-6H2,(H,10,12,13)/i2D2,3D2,4D2,5D2. The van der Waals surface area contributed by atoms with E-state index in [0.717, 1.165) is 0 Å². The van der Waals surface area contributed by atoms with Gasteiger partial charge in [-0.15, -0.1) is 23.2 Å². The van der Waals surface area contributed by atoms with E-state index in [-0.39, 0.29) is 6.42 Å². The predicted molar refractivity (Wildman–Crippen MR) is 59.3 cm³/mol. The van der Waals surface area contributed by atoms with Gasteiger partial charge in [-0.1, -0.05) is 0 Å². The Kier molecular flexibility index (Phi) is 2.30. The van der Waals surface area contributed by atoms with E-state index in [9.17, 15) is 9.36 Å². The monoisotopic (exact) mass is 282 g/mol. The first-order valence-electron chi connectivity index (χ1n) is 7.71. The number of nitrogens with zero attached hydrogens (tertiary/aromatic N) is 1. The van der Waals surface area contributed by atoms with Gasteiger partial charge in [0, 0.05) is 35.6 Å². The molecule has 1 atom stereocenters. The Bertz CT molecular complexity index is 511. The quantitative estimate of drug-likeness (QED) is 0.612. The average Bonchev–Trinajstić information content (AvgIpc) is 2.23. The first kappa shape index (κ1) is 5.69. The number of amides is 1. The second-order valence-electron chi connectivity index (χ2n) is 2.36. The Morgan fingerprint density at radius 1 is 1.53 bits per heavy atom. The second-order valence-corrected chi connectivity index (χ2v) is 4.66. The van der Waals surface area contributed by atoms with Crippen LogP contribution in [0.25, 0.3) is 0 Å². The van der Waals surface area contributed by atoms with Crippen LogP contribution >= 0.6 is 30.9 Å². The molecule has 0 spiro atoms. The van der Waals surface area contributed by atoms with Crippen LogP contribution in [0.15, 0.2) is 0 Å². The molecule has 8 heteroatoms. The molecule has 0 saturated carbocycles. The Morgan fingerprint density at radius 2 is 2.13 bits per heavy atom. The van der Waals surface area contributed by atoms with Crippen molar-refractivity contribution in [3.8, 4) is 0 Å². The Labute approximate surface area is 110 Å². The van der Waals surface area contributed by atoms with Gasteiger partial charge < -0.3 is 4.52 Å². The fraction of sp³-hybridized carbons (Fsp3) is 0.857. The number of carbonyl (C=O) groups is 1. The molecule has 0 radical (unpaired) electrons. The predicted octanol–water partition coefficient (Wildman–Crippen LogP) is 1.41. The lowest BCUT2D eigenvalue weighted by Gasteiger charge is -2.32. The number of carbonyl (C=O) groups excluding carboxylic acids is 1. The van der Waals surface area contributed by atoms with Crippen molar-refractivity contribution in [1.82, 2.24) is 9.76 Å².